The highest BCUT2D eigenvalue weighted by Gasteiger charge is 2.34. The smallest absolute Gasteiger partial charge is 0.233 e. The molecular formula is C24H27N3O3S2. The van der Waals surface area contributed by atoms with Crippen LogP contribution in [-0.2, 0) is 14.6 Å². The highest BCUT2D eigenvalue weighted by molar-refractivity contribution is 7.99. The van der Waals surface area contributed by atoms with Crippen molar-refractivity contribution in [3.8, 4) is 16.9 Å². The zero-order valence-electron chi connectivity index (χ0n) is 18.3. The summed E-state index contributed by atoms with van der Waals surface area (Å²) in [4.78, 5) is 19.3. The standard InChI is InChI=1S/C24H27N3O3S2/c1-3-26(21-13-14-32(29,30)17-21)23(28)16-31-24-25-15-22(19-11-9-18(2)10-12-19)27(24)20-7-5-4-6-8-20/h4-12,15,21H,3,13-14,16-17H2,1-2H3. The first-order chi connectivity index (χ1) is 15.4. The quantitative estimate of drug-likeness (QED) is 0.490. The summed E-state index contributed by atoms with van der Waals surface area (Å²) in [5.74, 6) is 0.376. The van der Waals surface area contributed by atoms with E-state index in [-0.39, 0.29) is 29.2 Å². The van der Waals surface area contributed by atoms with Crippen molar-refractivity contribution in [1.82, 2.24) is 14.5 Å². The van der Waals surface area contributed by atoms with Gasteiger partial charge in [-0.05, 0) is 32.4 Å². The second-order valence-electron chi connectivity index (χ2n) is 7.99. The zero-order chi connectivity index (χ0) is 22.7. The Bertz CT molecular complexity index is 1190. The van der Waals surface area contributed by atoms with E-state index < -0.39 is 9.84 Å². The SMILES string of the molecule is CCN(C(=O)CSc1ncc(-c2ccc(C)cc2)n1-c1ccccc1)C1CCS(=O)(=O)C1. The highest BCUT2D eigenvalue weighted by atomic mass is 32.2. The van der Waals surface area contributed by atoms with Gasteiger partial charge in [0.15, 0.2) is 15.0 Å². The van der Waals surface area contributed by atoms with Gasteiger partial charge in [-0.3, -0.25) is 9.36 Å². The molecule has 32 heavy (non-hydrogen) atoms. The number of carbonyl (C=O) groups excluding carboxylic acids is 1. The summed E-state index contributed by atoms with van der Waals surface area (Å²) in [6.07, 6.45) is 2.36. The van der Waals surface area contributed by atoms with E-state index in [0.29, 0.717) is 13.0 Å². The number of sulfone groups is 1. The maximum atomic E-state index is 13.0. The minimum atomic E-state index is -3.04. The van der Waals surface area contributed by atoms with E-state index in [1.54, 1.807) is 4.90 Å². The van der Waals surface area contributed by atoms with Gasteiger partial charge in [-0.25, -0.2) is 13.4 Å². The van der Waals surface area contributed by atoms with Gasteiger partial charge in [-0.15, -0.1) is 0 Å². The third-order valence-electron chi connectivity index (χ3n) is 5.73. The Balaban J connectivity index is 1.58. The highest BCUT2D eigenvalue weighted by Crippen LogP contribution is 2.30. The lowest BCUT2D eigenvalue weighted by Crippen LogP contribution is -2.42. The molecule has 0 aliphatic carbocycles. The van der Waals surface area contributed by atoms with Crippen LogP contribution in [0.1, 0.15) is 18.9 Å². The van der Waals surface area contributed by atoms with Gasteiger partial charge in [0.1, 0.15) is 0 Å². The van der Waals surface area contributed by atoms with Gasteiger partial charge >= 0.3 is 0 Å². The minimum Gasteiger partial charge on any atom is -0.338 e. The second-order valence-corrected chi connectivity index (χ2v) is 11.2. The van der Waals surface area contributed by atoms with E-state index in [1.165, 1.54) is 17.3 Å². The van der Waals surface area contributed by atoms with E-state index in [0.717, 1.165) is 22.1 Å². The molecule has 2 aromatic carbocycles. The van der Waals surface area contributed by atoms with Crippen LogP contribution in [0, 0.1) is 6.92 Å². The molecule has 1 saturated heterocycles. The minimum absolute atomic E-state index is 0.0564. The molecule has 0 spiro atoms. The molecule has 0 radical (unpaired) electrons. The van der Waals surface area contributed by atoms with E-state index in [1.807, 2.05) is 43.5 Å². The van der Waals surface area contributed by atoms with E-state index in [9.17, 15) is 13.2 Å². The fourth-order valence-electron chi connectivity index (χ4n) is 4.06. The molecule has 1 fully saturated rings. The molecule has 0 bridgehead atoms. The second kappa shape index (κ2) is 9.50. The van der Waals surface area contributed by atoms with Gasteiger partial charge in [-0.2, -0.15) is 0 Å². The van der Waals surface area contributed by atoms with Gasteiger partial charge in [0, 0.05) is 23.8 Å². The monoisotopic (exact) mass is 469 g/mol. The van der Waals surface area contributed by atoms with Crippen molar-refractivity contribution in [2.24, 2.45) is 0 Å². The normalized spacial score (nSPS) is 17.4. The lowest BCUT2D eigenvalue weighted by Gasteiger charge is -2.26. The largest absolute Gasteiger partial charge is 0.338 e. The van der Waals surface area contributed by atoms with Crippen LogP contribution in [0.25, 0.3) is 16.9 Å². The molecule has 2 heterocycles. The third-order valence-corrected chi connectivity index (χ3v) is 8.41. The average Bonchev–Trinajstić information content (AvgIpc) is 3.37. The maximum absolute atomic E-state index is 13.0. The first-order valence-corrected chi connectivity index (χ1v) is 13.5. The van der Waals surface area contributed by atoms with Gasteiger partial charge in [0.2, 0.25) is 5.91 Å². The van der Waals surface area contributed by atoms with Crippen molar-refractivity contribution < 1.29 is 13.2 Å². The number of carbonyl (C=O) groups is 1. The number of aromatic nitrogens is 2. The molecule has 6 nitrogen and oxygen atoms in total. The van der Waals surface area contributed by atoms with Crippen molar-refractivity contribution in [2.45, 2.75) is 31.5 Å². The summed E-state index contributed by atoms with van der Waals surface area (Å²) in [7, 11) is -3.04. The summed E-state index contributed by atoms with van der Waals surface area (Å²) in [5.41, 5.74) is 4.18. The molecule has 0 saturated carbocycles. The average molecular weight is 470 g/mol. The summed E-state index contributed by atoms with van der Waals surface area (Å²) in [5, 5.41) is 0.732. The van der Waals surface area contributed by atoms with Crippen molar-refractivity contribution in [1.29, 1.82) is 0 Å². The number of thioether (sulfide) groups is 1. The van der Waals surface area contributed by atoms with Crippen LogP contribution in [0.2, 0.25) is 0 Å². The first-order valence-electron chi connectivity index (χ1n) is 10.7. The van der Waals surface area contributed by atoms with Gasteiger partial charge in [0.25, 0.3) is 0 Å². The Morgan fingerprint density at radius 3 is 2.50 bits per heavy atom. The molecular weight excluding hydrogens is 442 g/mol. The van der Waals surface area contributed by atoms with Crippen LogP contribution in [0.15, 0.2) is 66.0 Å². The van der Waals surface area contributed by atoms with Gasteiger partial charge in [-0.1, -0.05) is 59.8 Å². The molecule has 168 valence electrons. The number of amides is 1. The fraction of sp³-hybridized carbons (Fsp3) is 0.333. The molecule has 1 aromatic heterocycles. The van der Waals surface area contributed by atoms with Crippen LogP contribution in [-0.4, -0.2) is 58.6 Å². The molecule has 3 aromatic rings. The number of nitrogens with zero attached hydrogens (tertiary/aromatic N) is 3. The number of hydrogen-bond donors (Lipinski definition) is 0. The van der Waals surface area contributed by atoms with E-state index in [2.05, 4.69) is 40.7 Å². The summed E-state index contributed by atoms with van der Waals surface area (Å²) < 4.78 is 25.8. The summed E-state index contributed by atoms with van der Waals surface area (Å²) in [6, 6.07) is 18.0. The summed E-state index contributed by atoms with van der Waals surface area (Å²) in [6.45, 7) is 4.45. The third kappa shape index (κ3) is 4.91. The number of aryl methyl sites for hydroxylation is 1. The van der Waals surface area contributed by atoms with E-state index in [4.69, 9.17) is 0 Å². The zero-order valence-corrected chi connectivity index (χ0v) is 19.9. The lowest BCUT2D eigenvalue weighted by molar-refractivity contribution is -0.129. The predicted octanol–water partition coefficient (Wildman–Crippen LogP) is 3.98. The van der Waals surface area contributed by atoms with Crippen molar-refractivity contribution in [3.05, 3.63) is 66.4 Å². The number of hydrogen-bond acceptors (Lipinski definition) is 5. The molecule has 1 unspecified atom stereocenters. The molecule has 4 rings (SSSR count). The number of imidazole rings is 1. The fourth-order valence-corrected chi connectivity index (χ4v) is 6.67. The molecule has 8 heteroatoms. The van der Waals surface area contributed by atoms with Crippen LogP contribution in [0.5, 0.6) is 0 Å². The number of benzene rings is 2. The first kappa shape index (κ1) is 22.6. The Morgan fingerprint density at radius 1 is 1.16 bits per heavy atom. The van der Waals surface area contributed by atoms with Crippen molar-refractivity contribution in [3.63, 3.8) is 0 Å². The van der Waals surface area contributed by atoms with Crippen molar-refractivity contribution in [2.75, 3.05) is 23.8 Å². The van der Waals surface area contributed by atoms with Gasteiger partial charge in [0.05, 0.1) is 29.1 Å². The molecule has 0 N–H and O–H groups in total. The number of rotatable bonds is 7. The Kier molecular flexibility index (Phi) is 6.71. The number of para-hydroxylation sites is 1. The van der Waals surface area contributed by atoms with Crippen LogP contribution in [0.3, 0.4) is 0 Å². The predicted molar refractivity (Wildman–Crippen MR) is 129 cm³/mol. The van der Waals surface area contributed by atoms with Crippen LogP contribution < -0.4 is 0 Å². The van der Waals surface area contributed by atoms with E-state index >= 15 is 0 Å². The Morgan fingerprint density at radius 2 is 1.88 bits per heavy atom. The lowest BCUT2D eigenvalue weighted by atomic mass is 10.1. The molecule has 1 atom stereocenters. The summed E-state index contributed by atoms with van der Waals surface area (Å²) >= 11 is 1.38. The van der Waals surface area contributed by atoms with Crippen LogP contribution >= 0.6 is 11.8 Å². The van der Waals surface area contributed by atoms with Crippen LogP contribution in [0.4, 0.5) is 0 Å². The topological polar surface area (TPSA) is 72.3 Å². The van der Waals surface area contributed by atoms with Crippen molar-refractivity contribution >= 4 is 27.5 Å². The molecule has 1 aliphatic rings. The Hall–Kier alpha value is -2.58. The molecule has 1 amide bonds. The van der Waals surface area contributed by atoms with Gasteiger partial charge < -0.3 is 4.90 Å². The maximum Gasteiger partial charge on any atom is 0.233 e. The Labute approximate surface area is 193 Å². The molecule has 1 aliphatic heterocycles.